The van der Waals surface area contributed by atoms with Crippen LogP contribution in [0.4, 0.5) is 11.4 Å². The van der Waals surface area contributed by atoms with Crippen molar-refractivity contribution in [3.8, 4) is 5.75 Å². The normalized spacial score (nSPS) is 11.3. The molecule has 0 aliphatic rings. The number of carbonyl (C=O) groups is 1. The smallest absolute Gasteiger partial charge is 0.269 e. The van der Waals surface area contributed by atoms with Gasteiger partial charge in [-0.05, 0) is 67.9 Å². The van der Waals surface area contributed by atoms with E-state index in [-0.39, 0.29) is 10.6 Å². The van der Waals surface area contributed by atoms with E-state index in [0.717, 1.165) is 9.87 Å². The standard InChI is InChI=1S/C24H24N4O6S/c1-3-34-22-12-14-23(15-13-22)35(32,33)27(20-8-4-18(2)5-9-20)17-24(29)26-25-16-19-6-10-21(11-7-19)28(30)31/h4-16H,3,17H2,1-2H3,(H,26,29)/b25-16-. The maximum atomic E-state index is 13.4. The molecule has 3 aromatic rings. The molecule has 0 saturated heterocycles. The second-order valence-electron chi connectivity index (χ2n) is 7.39. The molecule has 182 valence electrons. The monoisotopic (exact) mass is 496 g/mol. The molecule has 0 radical (unpaired) electrons. The molecule has 0 heterocycles. The Kier molecular flexibility index (Phi) is 8.16. The van der Waals surface area contributed by atoms with Gasteiger partial charge in [0.25, 0.3) is 21.6 Å². The molecule has 0 aromatic heterocycles. The van der Waals surface area contributed by atoms with Gasteiger partial charge in [0.15, 0.2) is 0 Å². The minimum atomic E-state index is -4.08. The van der Waals surface area contributed by atoms with Crippen LogP contribution in [0.3, 0.4) is 0 Å². The SMILES string of the molecule is CCOc1ccc(S(=O)(=O)N(CC(=O)N/N=C\c2ccc([N+](=O)[O-])cc2)c2ccc(C)cc2)cc1. The van der Waals surface area contributed by atoms with E-state index in [1.807, 2.05) is 13.8 Å². The number of non-ortho nitro benzene ring substituents is 1. The van der Waals surface area contributed by atoms with Gasteiger partial charge in [-0.25, -0.2) is 13.8 Å². The second kappa shape index (κ2) is 11.3. The number of carbonyl (C=O) groups excluding carboxylic acids is 1. The van der Waals surface area contributed by atoms with Crippen molar-refractivity contribution >= 4 is 33.5 Å². The van der Waals surface area contributed by atoms with Crippen molar-refractivity contribution < 1.29 is 22.9 Å². The summed E-state index contributed by atoms with van der Waals surface area (Å²) < 4.78 is 33.2. The molecule has 10 nitrogen and oxygen atoms in total. The van der Waals surface area contributed by atoms with Crippen LogP contribution in [0.1, 0.15) is 18.1 Å². The number of benzene rings is 3. The zero-order chi connectivity index (χ0) is 25.4. The summed E-state index contributed by atoms with van der Waals surface area (Å²) >= 11 is 0. The van der Waals surface area contributed by atoms with Crippen LogP contribution in [0.15, 0.2) is 82.8 Å². The van der Waals surface area contributed by atoms with Crippen LogP contribution in [0.5, 0.6) is 5.75 Å². The van der Waals surface area contributed by atoms with E-state index in [4.69, 9.17) is 4.74 Å². The first-order valence-electron chi connectivity index (χ1n) is 10.6. The number of nitrogens with one attached hydrogen (secondary N) is 1. The molecule has 0 spiro atoms. The summed E-state index contributed by atoms with van der Waals surface area (Å²) in [6.45, 7) is 3.62. The Morgan fingerprint density at radius 3 is 2.26 bits per heavy atom. The molecule has 0 bridgehead atoms. The Bertz CT molecular complexity index is 1310. The number of hydrogen-bond acceptors (Lipinski definition) is 7. The van der Waals surface area contributed by atoms with E-state index in [9.17, 15) is 23.3 Å². The number of anilines is 1. The number of hydrogen-bond donors (Lipinski definition) is 1. The quantitative estimate of drug-likeness (QED) is 0.259. The number of aryl methyl sites for hydroxylation is 1. The average Bonchev–Trinajstić information content (AvgIpc) is 2.84. The molecule has 0 unspecified atom stereocenters. The van der Waals surface area contributed by atoms with Gasteiger partial charge in [0, 0.05) is 12.1 Å². The molecule has 3 aromatic carbocycles. The summed E-state index contributed by atoms with van der Waals surface area (Å²) in [6.07, 6.45) is 1.30. The third-order valence-electron chi connectivity index (χ3n) is 4.84. The van der Waals surface area contributed by atoms with E-state index in [1.54, 1.807) is 36.4 Å². The lowest BCUT2D eigenvalue weighted by molar-refractivity contribution is -0.384. The minimum Gasteiger partial charge on any atom is -0.494 e. The van der Waals surface area contributed by atoms with E-state index in [1.165, 1.54) is 42.6 Å². The fraction of sp³-hybridized carbons (Fsp3) is 0.167. The highest BCUT2D eigenvalue weighted by Crippen LogP contribution is 2.25. The summed E-state index contributed by atoms with van der Waals surface area (Å²) in [4.78, 5) is 22.8. The third kappa shape index (κ3) is 6.64. The molecule has 1 amide bonds. The highest BCUT2D eigenvalue weighted by atomic mass is 32.2. The Hall–Kier alpha value is -4.25. The predicted octanol–water partition coefficient (Wildman–Crippen LogP) is 3.65. The largest absolute Gasteiger partial charge is 0.494 e. The van der Waals surface area contributed by atoms with Gasteiger partial charge < -0.3 is 4.74 Å². The van der Waals surface area contributed by atoms with Gasteiger partial charge in [0.2, 0.25) is 0 Å². The number of ether oxygens (including phenoxy) is 1. The first kappa shape index (κ1) is 25.4. The molecule has 0 aliphatic carbocycles. The molecule has 0 saturated carbocycles. The Labute approximate surface area is 203 Å². The van der Waals surface area contributed by atoms with Gasteiger partial charge >= 0.3 is 0 Å². The van der Waals surface area contributed by atoms with Gasteiger partial charge in [0.05, 0.1) is 28.3 Å². The van der Waals surface area contributed by atoms with Crippen LogP contribution in [-0.4, -0.2) is 38.6 Å². The van der Waals surface area contributed by atoms with Gasteiger partial charge in [-0.15, -0.1) is 0 Å². The predicted molar refractivity (Wildman–Crippen MR) is 132 cm³/mol. The van der Waals surface area contributed by atoms with Crippen molar-refractivity contribution in [1.29, 1.82) is 0 Å². The summed E-state index contributed by atoms with van der Waals surface area (Å²) in [6, 6.07) is 18.3. The number of amides is 1. The van der Waals surface area contributed by atoms with Crippen LogP contribution in [0, 0.1) is 17.0 Å². The topological polar surface area (TPSA) is 131 Å². The number of nitro groups is 1. The van der Waals surface area contributed by atoms with Crippen LogP contribution in [-0.2, 0) is 14.8 Å². The van der Waals surface area contributed by atoms with Gasteiger partial charge in [-0.1, -0.05) is 17.7 Å². The summed E-state index contributed by atoms with van der Waals surface area (Å²) in [5, 5.41) is 14.6. The number of rotatable bonds is 10. The molecule has 0 fully saturated rings. The molecule has 0 atom stereocenters. The first-order valence-corrected chi connectivity index (χ1v) is 12.0. The summed E-state index contributed by atoms with van der Waals surface area (Å²) in [5.41, 5.74) is 4.00. The number of hydrazone groups is 1. The van der Waals surface area contributed by atoms with Crippen molar-refractivity contribution in [3.63, 3.8) is 0 Å². The van der Waals surface area contributed by atoms with E-state index < -0.39 is 27.4 Å². The molecule has 3 rings (SSSR count). The lowest BCUT2D eigenvalue weighted by Crippen LogP contribution is -2.39. The van der Waals surface area contributed by atoms with Crippen molar-refractivity contribution in [2.45, 2.75) is 18.7 Å². The average molecular weight is 497 g/mol. The minimum absolute atomic E-state index is 0.00343. The molecule has 0 aliphatic heterocycles. The highest BCUT2D eigenvalue weighted by molar-refractivity contribution is 7.92. The first-order chi connectivity index (χ1) is 16.7. The zero-order valence-corrected chi connectivity index (χ0v) is 19.9. The highest BCUT2D eigenvalue weighted by Gasteiger charge is 2.27. The summed E-state index contributed by atoms with van der Waals surface area (Å²) in [7, 11) is -4.08. The second-order valence-corrected chi connectivity index (χ2v) is 9.26. The molecule has 11 heteroatoms. The summed E-state index contributed by atoms with van der Waals surface area (Å²) in [5.74, 6) is -0.134. The maximum absolute atomic E-state index is 13.4. The lowest BCUT2D eigenvalue weighted by atomic mass is 10.2. The Morgan fingerprint density at radius 1 is 1.06 bits per heavy atom. The van der Waals surface area contributed by atoms with Gasteiger partial charge in [-0.3, -0.25) is 19.2 Å². The number of nitro benzene ring substituents is 1. The third-order valence-corrected chi connectivity index (χ3v) is 6.63. The molecule has 1 N–H and O–H groups in total. The molecular weight excluding hydrogens is 472 g/mol. The fourth-order valence-corrected chi connectivity index (χ4v) is 4.48. The Morgan fingerprint density at radius 2 is 1.69 bits per heavy atom. The Balaban J connectivity index is 1.79. The van der Waals surface area contributed by atoms with E-state index >= 15 is 0 Å². The maximum Gasteiger partial charge on any atom is 0.269 e. The molecular formula is C24H24N4O6S. The van der Waals surface area contributed by atoms with Crippen LogP contribution in [0.2, 0.25) is 0 Å². The number of nitrogens with zero attached hydrogens (tertiary/aromatic N) is 3. The van der Waals surface area contributed by atoms with Gasteiger partial charge in [-0.2, -0.15) is 5.10 Å². The zero-order valence-electron chi connectivity index (χ0n) is 19.1. The number of sulfonamides is 1. The fourth-order valence-electron chi connectivity index (χ4n) is 3.05. The van der Waals surface area contributed by atoms with E-state index in [0.29, 0.717) is 23.6 Å². The van der Waals surface area contributed by atoms with Crippen LogP contribution in [0.25, 0.3) is 0 Å². The van der Waals surface area contributed by atoms with Crippen molar-refractivity contribution in [2.24, 2.45) is 5.10 Å². The van der Waals surface area contributed by atoms with Crippen molar-refractivity contribution in [2.75, 3.05) is 17.5 Å². The van der Waals surface area contributed by atoms with Crippen LogP contribution >= 0.6 is 0 Å². The molecule has 35 heavy (non-hydrogen) atoms. The lowest BCUT2D eigenvalue weighted by Gasteiger charge is -2.24. The van der Waals surface area contributed by atoms with Crippen LogP contribution < -0.4 is 14.5 Å². The van der Waals surface area contributed by atoms with Gasteiger partial charge in [0.1, 0.15) is 12.3 Å². The van der Waals surface area contributed by atoms with Crippen molar-refractivity contribution in [1.82, 2.24) is 5.43 Å². The van der Waals surface area contributed by atoms with E-state index in [2.05, 4.69) is 10.5 Å². The van der Waals surface area contributed by atoms with Crippen molar-refractivity contribution in [3.05, 3.63) is 94.0 Å².